The van der Waals surface area contributed by atoms with Gasteiger partial charge in [0.15, 0.2) is 0 Å². The summed E-state index contributed by atoms with van der Waals surface area (Å²) in [5, 5.41) is 19.0. The molecule has 0 spiro atoms. The highest BCUT2D eigenvalue weighted by atomic mass is 32.2. The Morgan fingerprint density at radius 1 is 0.929 bits per heavy atom. The molecule has 0 aliphatic heterocycles. The quantitative estimate of drug-likeness (QED) is 0.486. The van der Waals surface area contributed by atoms with Crippen molar-refractivity contribution in [2.24, 2.45) is 0 Å². The van der Waals surface area contributed by atoms with Crippen molar-refractivity contribution in [3.8, 4) is 22.3 Å². The zero-order valence-electron chi connectivity index (χ0n) is 14.7. The normalized spacial score (nSPS) is 10.6. The Bertz CT molecular complexity index is 1140. The van der Waals surface area contributed by atoms with Crippen LogP contribution in [0.5, 0.6) is 0 Å². The van der Waals surface area contributed by atoms with Crippen LogP contribution < -0.4 is 11.3 Å². The maximum Gasteiger partial charge on any atom is 0.342 e. The third kappa shape index (κ3) is 3.49. The summed E-state index contributed by atoms with van der Waals surface area (Å²) < 4.78 is 0. The molecule has 1 aromatic heterocycles. The van der Waals surface area contributed by atoms with Gasteiger partial charge in [0.05, 0.1) is 0 Å². The molecule has 142 valence electrons. The first kappa shape index (κ1) is 19.2. The van der Waals surface area contributed by atoms with E-state index < -0.39 is 34.4 Å². The number of pyridine rings is 1. The highest BCUT2D eigenvalue weighted by Gasteiger charge is 2.26. The van der Waals surface area contributed by atoms with Crippen LogP contribution in [0.3, 0.4) is 0 Å². The molecule has 2 aromatic carbocycles. The zero-order valence-corrected chi connectivity index (χ0v) is 15.5. The van der Waals surface area contributed by atoms with Crippen LogP contribution in [0.25, 0.3) is 22.3 Å². The van der Waals surface area contributed by atoms with E-state index in [2.05, 4.69) is 4.98 Å². The standard InChI is InChI=1S/C20H16N2O5S/c1-28-13-7-5-10(6-8-13)11-3-2-4-12(9-11)14-15(19(24)25)17(21)22-18(23)16(14)20(26)27/h2-9H,1H3,(H,24,25)(H,26,27)(H3,21,22,23). The van der Waals surface area contributed by atoms with E-state index in [9.17, 15) is 24.6 Å². The van der Waals surface area contributed by atoms with Crippen molar-refractivity contribution in [2.45, 2.75) is 4.90 Å². The van der Waals surface area contributed by atoms with Crippen LogP contribution in [-0.4, -0.2) is 33.4 Å². The number of thioether (sulfide) groups is 1. The number of hydrogen-bond donors (Lipinski definition) is 4. The molecular formula is C20H16N2O5S. The van der Waals surface area contributed by atoms with Crippen LogP contribution in [0.1, 0.15) is 20.7 Å². The fraction of sp³-hybridized carbons (Fsp3) is 0.0500. The van der Waals surface area contributed by atoms with E-state index in [1.807, 2.05) is 36.6 Å². The van der Waals surface area contributed by atoms with Crippen LogP contribution in [0.2, 0.25) is 0 Å². The lowest BCUT2D eigenvalue weighted by Crippen LogP contribution is -2.24. The first-order valence-corrected chi connectivity index (χ1v) is 9.33. The molecule has 0 saturated heterocycles. The molecule has 0 unspecified atom stereocenters. The lowest BCUT2D eigenvalue weighted by molar-refractivity contribution is 0.0695. The van der Waals surface area contributed by atoms with Crippen LogP contribution in [0, 0.1) is 0 Å². The van der Waals surface area contributed by atoms with Gasteiger partial charge in [0, 0.05) is 10.5 Å². The Hall–Kier alpha value is -3.52. The van der Waals surface area contributed by atoms with Crippen molar-refractivity contribution in [1.29, 1.82) is 0 Å². The molecule has 0 saturated carbocycles. The Labute approximate surface area is 163 Å². The van der Waals surface area contributed by atoms with Crippen molar-refractivity contribution in [3.05, 3.63) is 70.0 Å². The van der Waals surface area contributed by atoms with Crippen LogP contribution in [0.15, 0.2) is 58.2 Å². The number of benzene rings is 2. The summed E-state index contributed by atoms with van der Waals surface area (Å²) in [5.41, 5.74) is 5.28. The molecule has 7 nitrogen and oxygen atoms in total. The fourth-order valence-electron chi connectivity index (χ4n) is 2.97. The maximum atomic E-state index is 12.2. The summed E-state index contributed by atoms with van der Waals surface area (Å²) in [5.74, 6) is -3.36. The summed E-state index contributed by atoms with van der Waals surface area (Å²) >= 11 is 1.60. The van der Waals surface area contributed by atoms with Gasteiger partial charge in [-0.2, -0.15) is 0 Å². The van der Waals surface area contributed by atoms with E-state index in [0.29, 0.717) is 0 Å². The molecule has 0 radical (unpaired) electrons. The Morgan fingerprint density at radius 3 is 2.11 bits per heavy atom. The maximum absolute atomic E-state index is 12.2. The van der Waals surface area contributed by atoms with Gasteiger partial charge in [-0.25, -0.2) is 9.59 Å². The second-order valence-corrected chi connectivity index (χ2v) is 6.79. The molecule has 0 aliphatic rings. The van der Waals surface area contributed by atoms with Gasteiger partial charge < -0.3 is 20.9 Å². The number of carboxylic acid groups (broad SMARTS) is 2. The summed E-state index contributed by atoms with van der Waals surface area (Å²) in [4.78, 5) is 38.7. The number of carbonyl (C=O) groups is 2. The third-order valence-electron chi connectivity index (χ3n) is 4.25. The van der Waals surface area contributed by atoms with E-state index in [1.54, 1.807) is 30.0 Å². The molecule has 0 aliphatic carbocycles. The molecule has 0 amide bonds. The molecule has 3 aromatic rings. The van der Waals surface area contributed by atoms with Gasteiger partial charge in [0.2, 0.25) is 0 Å². The van der Waals surface area contributed by atoms with Gasteiger partial charge in [-0.3, -0.25) is 4.79 Å². The van der Waals surface area contributed by atoms with Crippen LogP contribution in [0.4, 0.5) is 5.82 Å². The number of H-pyrrole nitrogens is 1. The van der Waals surface area contributed by atoms with Crippen molar-refractivity contribution in [2.75, 3.05) is 12.0 Å². The smallest absolute Gasteiger partial charge is 0.342 e. The number of hydrogen-bond acceptors (Lipinski definition) is 5. The average Bonchev–Trinajstić information content (AvgIpc) is 2.66. The van der Waals surface area contributed by atoms with Crippen molar-refractivity contribution < 1.29 is 19.8 Å². The second kappa shape index (κ2) is 7.61. The number of nitrogens with one attached hydrogen (secondary N) is 1. The Balaban J connectivity index is 2.28. The number of nitrogens with two attached hydrogens (primary N) is 1. The van der Waals surface area contributed by atoms with Crippen molar-refractivity contribution >= 4 is 29.5 Å². The average molecular weight is 396 g/mol. The van der Waals surface area contributed by atoms with Gasteiger partial charge in [-0.15, -0.1) is 11.8 Å². The van der Waals surface area contributed by atoms with Crippen LogP contribution >= 0.6 is 11.8 Å². The number of nitrogen functional groups attached to an aromatic ring is 1. The zero-order chi connectivity index (χ0) is 20.4. The minimum Gasteiger partial charge on any atom is -0.478 e. The van der Waals surface area contributed by atoms with E-state index in [1.165, 1.54) is 0 Å². The fourth-order valence-corrected chi connectivity index (χ4v) is 3.38. The van der Waals surface area contributed by atoms with Gasteiger partial charge in [0.1, 0.15) is 16.9 Å². The number of aromatic nitrogens is 1. The highest BCUT2D eigenvalue weighted by Crippen LogP contribution is 2.32. The number of carboxylic acids is 2. The van der Waals surface area contributed by atoms with Crippen molar-refractivity contribution in [3.63, 3.8) is 0 Å². The van der Waals surface area contributed by atoms with Crippen molar-refractivity contribution in [1.82, 2.24) is 4.98 Å². The molecule has 8 heteroatoms. The predicted octanol–water partition coefficient (Wildman–Crippen LogP) is 3.41. The summed E-state index contributed by atoms with van der Waals surface area (Å²) in [6.45, 7) is 0. The topological polar surface area (TPSA) is 133 Å². The van der Waals surface area contributed by atoms with E-state index in [4.69, 9.17) is 5.73 Å². The molecule has 0 fully saturated rings. The Morgan fingerprint density at radius 2 is 1.54 bits per heavy atom. The van der Waals surface area contributed by atoms with E-state index >= 15 is 0 Å². The molecule has 0 bridgehead atoms. The lowest BCUT2D eigenvalue weighted by atomic mass is 9.93. The summed E-state index contributed by atoms with van der Waals surface area (Å²) in [6, 6.07) is 14.4. The monoisotopic (exact) mass is 396 g/mol. The molecule has 28 heavy (non-hydrogen) atoms. The number of rotatable bonds is 5. The minimum atomic E-state index is -1.53. The number of aromatic amines is 1. The van der Waals surface area contributed by atoms with E-state index in [-0.39, 0.29) is 11.1 Å². The molecular weight excluding hydrogens is 380 g/mol. The lowest BCUT2D eigenvalue weighted by Gasteiger charge is -2.13. The van der Waals surface area contributed by atoms with Gasteiger partial charge in [0.25, 0.3) is 5.56 Å². The highest BCUT2D eigenvalue weighted by molar-refractivity contribution is 7.98. The first-order chi connectivity index (χ1) is 13.3. The largest absolute Gasteiger partial charge is 0.478 e. The van der Waals surface area contributed by atoms with E-state index in [0.717, 1.165) is 16.0 Å². The molecule has 0 atom stereocenters. The SMILES string of the molecule is CSc1ccc(-c2cccc(-c3c(C(=O)O)c(N)[nH]c(=O)c3C(=O)O)c2)cc1. The third-order valence-corrected chi connectivity index (χ3v) is 4.99. The number of anilines is 1. The van der Waals surface area contributed by atoms with Gasteiger partial charge in [-0.05, 0) is 41.1 Å². The number of aromatic carboxylic acids is 2. The second-order valence-electron chi connectivity index (χ2n) is 5.91. The summed E-state index contributed by atoms with van der Waals surface area (Å²) in [7, 11) is 0. The first-order valence-electron chi connectivity index (χ1n) is 8.10. The minimum absolute atomic E-state index is 0.219. The summed E-state index contributed by atoms with van der Waals surface area (Å²) in [6.07, 6.45) is 1.97. The van der Waals surface area contributed by atoms with Gasteiger partial charge >= 0.3 is 11.9 Å². The Kier molecular flexibility index (Phi) is 5.23. The molecule has 5 N–H and O–H groups in total. The molecule has 3 rings (SSSR count). The van der Waals surface area contributed by atoms with Gasteiger partial charge in [-0.1, -0.05) is 30.3 Å². The predicted molar refractivity (Wildman–Crippen MR) is 108 cm³/mol. The van der Waals surface area contributed by atoms with Crippen LogP contribution in [-0.2, 0) is 0 Å². The molecule has 1 heterocycles.